The first-order valence-electron chi connectivity index (χ1n) is 6.50. The minimum Gasteiger partial charge on any atom is -0.396 e. The second-order valence-electron chi connectivity index (χ2n) is 5.62. The number of rotatable bonds is 2. The molecule has 0 amide bonds. The van der Waals surface area contributed by atoms with Gasteiger partial charge in [-0.2, -0.15) is 0 Å². The van der Waals surface area contributed by atoms with Crippen molar-refractivity contribution in [3.8, 4) is 0 Å². The molecule has 17 heavy (non-hydrogen) atoms. The van der Waals surface area contributed by atoms with E-state index >= 15 is 0 Å². The molecule has 1 aromatic rings. The Morgan fingerprint density at radius 1 is 1.24 bits per heavy atom. The average Bonchev–Trinajstić information content (AvgIpc) is 2.27. The van der Waals surface area contributed by atoms with E-state index in [1.807, 2.05) is 12.3 Å². The van der Waals surface area contributed by atoms with Crippen LogP contribution >= 0.6 is 0 Å². The van der Waals surface area contributed by atoms with E-state index in [1.54, 1.807) is 6.20 Å². The molecule has 2 rings (SSSR count). The molecule has 2 N–H and O–H groups in total. The summed E-state index contributed by atoms with van der Waals surface area (Å²) in [5.41, 5.74) is 7.89. The number of nitrogens with zero attached hydrogens (tertiary/aromatic N) is 2. The Labute approximate surface area is 104 Å². The predicted molar refractivity (Wildman–Crippen MR) is 73.0 cm³/mol. The summed E-state index contributed by atoms with van der Waals surface area (Å²) in [6.45, 7) is 4.71. The average molecular weight is 233 g/mol. The number of hydrogen-bond acceptors (Lipinski definition) is 3. The Balaban J connectivity index is 2.14. The lowest BCUT2D eigenvalue weighted by Crippen LogP contribution is -2.38. The number of hydrogen-bond donors (Lipinski definition) is 1. The molecule has 1 aliphatic rings. The molecule has 1 fully saturated rings. The second-order valence-corrected chi connectivity index (χ2v) is 5.62. The molecule has 1 heterocycles. The molecule has 1 saturated carbocycles. The summed E-state index contributed by atoms with van der Waals surface area (Å²) in [5.74, 6) is 1.63. The highest BCUT2D eigenvalue weighted by molar-refractivity contribution is 5.66. The second kappa shape index (κ2) is 4.94. The molecule has 0 bridgehead atoms. The van der Waals surface area contributed by atoms with Crippen molar-refractivity contribution in [2.75, 3.05) is 17.7 Å². The standard InChI is InChI=1S/C14H23N3/c1-10-6-11(2)8-12(7-10)17(3)14-4-5-16-9-13(14)15/h4-5,9-12H,6-8,15H2,1-3H3. The maximum absolute atomic E-state index is 5.99. The number of nitrogen functional groups attached to an aromatic ring is 1. The van der Waals surface area contributed by atoms with Gasteiger partial charge in [0.15, 0.2) is 0 Å². The number of aromatic nitrogens is 1. The summed E-state index contributed by atoms with van der Waals surface area (Å²) < 4.78 is 0. The summed E-state index contributed by atoms with van der Waals surface area (Å²) in [4.78, 5) is 6.39. The first-order chi connectivity index (χ1) is 8.08. The van der Waals surface area contributed by atoms with E-state index in [0.29, 0.717) is 6.04 Å². The van der Waals surface area contributed by atoms with Crippen LogP contribution in [0.15, 0.2) is 18.5 Å². The van der Waals surface area contributed by atoms with Crippen LogP contribution in [0.4, 0.5) is 11.4 Å². The lowest BCUT2D eigenvalue weighted by Gasteiger charge is -2.38. The Morgan fingerprint density at radius 3 is 2.47 bits per heavy atom. The molecule has 0 saturated heterocycles. The molecule has 2 unspecified atom stereocenters. The molecular formula is C14H23N3. The first-order valence-corrected chi connectivity index (χ1v) is 6.50. The van der Waals surface area contributed by atoms with Crippen molar-refractivity contribution in [1.82, 2.24) is 4.98 Å². The lowest BCUT2D eigenvalue weighted by atomic mass is 9.80. The van der Waals surface area contributed by atoms with Crippen LogP contribution in [0.5, 0.6) is 0 Å². The highest BCUT2D eigenvalue weighted by atomic mass is 15.1. The predicted octanol–water partition coefficient (Wildman–Crippen LogP) is 2.92. The number of nitrogens with two attached hydrogens (primary N) is 1. The quantitative estimate of drug-likeness (QED) is 0.854. The van der Waals surface area contributed by atoms with E-state index in [-0.39, 0.29) is 0 Å². The molecule has 2 atom stereocenters. The summed E-state index contributed by atoms with van der Waals surface area (Å²) in [6, 6.07) is 2.62. The van der Waals surface area contributed by atoms with Crippen LogP contribution in [0.1, 0.15) is 33.1 Å². The summed E-state index contributed by atoms with van der Waals surface area (Å²) >= 11 is 0. The number of anilines is 2. The maximum atomic E-state index is 5.99. The van der Waals surface area contributed by atoms with Crippen LogP contribution in [-0.4, -0.2) is 18.1 Å². The fourth-order valence-corrected chi connectivity index (χ4v) is 3.14. The summed E-state index contributed by atoms with van der Waals surface area (Å²) in [7, 11) is 2.15. The monoisotopic (exact) mass is 233 g/mol. The molecule has 1 aromatic heterocycles. The van der Waals surface area contributed by atoms with Crippen LogP contribution in [0.2, 0.25) is 0 Å². The van der Waals surface area contributed by atoms with Crippen molar-refractivity contribution >= 4 is 11.4 Å². The van der Waals surface area contributed by atoms with Crippen molar-refractivity contribution in [1.29, 1.82) is 0 Å². The molecule has 0 aromatic carbocycles. The van der Waals surface area contributed by atoms with Gasteiger partial charge in [0.25, 0.3) is 0 Å². The Bertz CT molecular complexity index is 367. The van der Waals surface area contributed by atoms with Gasteiger partial charge < -0.3 is 10.6 Å². The van der Waals surface area contributed by atoms with Gasteiger partial charge >= 0.3 is 0 Å². The van der Waals surface area contributed by atoms with Gasteiger partial charge in [0.05, 0.1) is 17.6 Å². The number of pyridine rings is 1. The zero-order chi connectivity index (χ0) is 12.4. The SMILES string of the molecule is CC1CC(C)CC(N(C)c2ccncc2N)C1. The third-order valence-electron chi connectivity index (χ3n) is 3.91. The molecule has 1 aliphatic carbocycles. The first kappa shape index (κ1) is 12.2. The third-order valence-corrected chi connectivity index (χ3v) is 3.91. The van der Waals surface area contributed by atoms with Crippen molar-refractivity contribution in [3.05, 3.63) is 18.5 Å². The van der Waals surface area contributed by atoms with Gasteiger partial charge in [-0.1, -0.05) is 13.8 Å². The Hall–Kier alpha value is -1.25. The van der Waals surface area contributed by atoms with E-state index in [0.717, 1.165) is 23.2 Å². The zero-order valence-electron chi connectivity index (χ0n) is 11.1. The summed E-state index contributed by atoms with van der Waals surface area (Å²) in [5, 5.41) is 0. The van der Waals surface area contributed by atoms with Crippen LogP contribution in [0, 0.1) is 11.8 Å². The summed E-state index contributed by atoms with van der Waals surface area (Å²) in [6.07, 6.45) is 7.45. The van der Waals surface area contributed by atoms with E-state index in [9.17, 15) is 0 Å². The highest BCUT2D eigenvalue weighted by Gasteiger charge is 2.27. The maximum Gasteiger partial charge on any atom is 0.0738 e. The normalized spacial score (nSPS) is 29.0. The van der Waals surface area contributed by atoms with Gasteiger partial charge in [0, 0.05) is 19.3 Å². The topological polar surface area (TPSA) is 42.2 Å². The fraction of sp³-hybridized carbons (Fsp3) is 0.643. The molecule has 3 heteroatoms. The van der Waals surface area contributed by atoms with Gasteiger partial charge in [-0.25, -0.2) is 0 Å². The molecule has 0 spiro atoms. The molecule has 94 valence electrons. The van der Waals surface area contributed by atoms with Gasteiger partial charge in [-0.05, 0) is 37.2 Å². The van der Waals surface area contributed by atoms with Crippen molar-refractivity contribution in [3.63, 3.8) is 0 Å². The van der Waals surface area contributed by atoms with E-state index in [4.69, 9.17) is 5.73 Å². The zero-order valence-corrected chi connectivity index (χ0v) is 11.1. The third kappa shape index (κ3) is 2.71. The van der Waals surface area contributed by atoms with Gasteiger partial charge in [-0.3, -0.25) is 4.98 Å². The minimum absolute atomic E-state index is 0.610. The van der Waals surface area contributed by atoms with Crippen molar-refractivity contribution < 1.29 is 0 Å². The van der Waals surface area contributed by atoms with Crippen molar-refractivity contribution in [2.45, 2.75) is 39.2 Å². The lowest BCUT2D eigenvalue weighted by molar-refractivity contribution is 0.264. The van der Waals surface area contributed by atoms with Crippen LogP contribution < -0.4 is 10.6 Å². The molecular weight excluding hydrogens is 210 g/mol. The van der Waals surface area contributed by atoms with Crippen LogP contribution in [0.25, 0.3) is 0 Å². The fourth-order valence-electron chi connectivity index (χ4n) is 3.14. The van der Waals surface area contributed by atoms with Crippen molar-refractivity contribution in [2.24, 2.45) is 11.8 Å². The molecule has 0 radical (unpaired) electrons. The van der Waals surface area contributed by atoms with Crippen LogP contribution in [-0.2, 0) is 0 Å². The van der Waals surface area contributed by atoms with Gasteiger partial charge in [-0.15, -0.1) is 0 Å². The Morgan fingerprint density at radius 2 is 1.88 bits per heavy atom. The van der Waals surface area contributed by atoms with Crippen LogP contribution in [0.3, 0.4) is 0 Å². The largest absolute Gasteiger partial charge is 0.396 e. The van der Waals surface area contributed by atoms with E-state index < -0.39 is 0 Å². The molecule has 0 aliphatic heterocycles. The van der Waals surface area contributed by atoms with Gasteiger partial charge in [0.1, 0.15) is 0 Å². The highest BCUT2D eigenvalue weighted by Crippen LogP contribution is 2.34. The minimum atomic E-state index is 0.610. The molecule has 3 nitrogen and oxygen atoms in total. The van der Waals surface area contributed by atoms with E-state index in [1.165, 1.54) is 19.3 Å². The smallest absolute Gasteiger partial charge is 0.0738 e. The van der Waals surface area contributed by atoms with E-state index in [2.05, 4.69) is 30.8 Å². The Kier molecular flexibility index (Phi) is 3.55. The van der Waals surface area contributed by atoms with Gasteiger partial charge in [0.2, 0.25) is 0 Å².